The average molecular weight is 436 g/mol. The van der Waals surface area contributed by atoms with Crippen molar-refractivity contribution in [1.29, 1.82) is 0 Å². The first-order valence-corrected chi connectivity index (χ1v) is 10.9. The molecule has 1 aromatic heterocycles. The van der Waals surface area contributed by atoms with Crippen LogP contribution in [0.2, 0.25) is 0 Å². The molecule has 1 heterocycles. The number of nitrogens with zero attached hydrogens (tertiary/aromatic N) is 3. The fraction of sp³-hybridized carbons (Fsp3) is 0.333. The van der Waals surface area contributed by atoms with E-state index >= 15 is 0 Å². The highest BCUT2D eigenvalue weighted by molar-refractivity contribution is 7.98. The van der Waals surface area contributed by atoms with Crippen LogP contribution in [-0.4, -0.2) is 49.2 Å². The monoisotopic (exact) mass is 435 g/mol. The Bertz CT molecular complexity index is 971. The minimum Gasteiger partial charge on any atom is -0.308 e. The summed E-state index contributed by atoms with van der Waals surface area (Å²) in [5, 5.41) is 0.758. The summed E-state index contributed by atoms with van der Waals surface area (Å²) in [5.41, 5.74) is 3.97. The number of likely N-dealkylation sites (N-methyl/N-ethyl adjacent to an activating group) is 1. The van der Waals surface area contributed by atoms with Gasteiger partial charge in [-0.3, -0.25) is 9.69 Å². The standard InChI is InChI=1S/C21H25N3OS2.ClH/c1-14-6-7-16(12-15(14)2)20(25)24(11-10-23(3)4)21-22-18-9-8-17(26-5)13-19(18)27-21;/h6-9,12-13H,10-11H2,1-5H3;1H. The van der Waals surface area contributed by atoms with E-state index < -0.39 is 0 Å². The molecule has 3 aromatic rings. The van der Waals surface area contributed by atoms with E-state index in [-0.39, 0.29) is 18.3 Å². The quantitative estimate of drug-likeness (QED) is 0.494. The Balaban J connectivity index is 0.00000280. The van der Waals surface area contributed by atoms with Gasteiger partial charge in [0.1, 0.15) is 0 Å². The molecule has 1 amide bonds. The molecule has 0 saturated heterocycles. The molecule has 0 spiro atoms. The maximum absolute atomic E-state index is 13.3. The van der Waals surface area contributed by atoms with Gasteiger partial charge in [0.15, 0.2) is 5.13 Å². The predicted molar refractivity (Wildman–Crippen MR) is 125 cm³/mol. The Labute approximate surface area is 181 Å². The van der Waals surface area contributed by atoms with Gasteiger partial charge in [-0.2, -0.15) is 0 Å². The van der Waals surface area contributed by atoms with Crippen LogP contribution in [0.15, 0.2) is 41.3 Å². The minimum absolute atomic E-state index is 0. The van der Waals surface area contributed by atoms with Crippen molar-refractivity contribution in [2.24, 2.45) is 0 Å². The highest BCUT2D eigenvalue weighted by atomic mass is 35.5. The highest BCUT2D eigenvalue weighted by Crippen LogP contribution is 2.32. The molecule has 150 valence electrons. The van der Waals surface area contributed by atoms with Gasteiger partial charge in [0.25, 0.3) is 5.91 Å². The zero-order valence-corrected chi connectivity index (χ0v) is 19.3. The topological polar surface area (TPSA) is 36.4 Å². The number of carbonyl (C=O) groups is 1. The lowest BCUT2D eigenvalue weighted by molar-refractivity contribution is 0.0985. The second-order valence-corrected chi connectivity index (χ2v) is 8.78. The number of anilines is 1. The van der Waals surface area contributed by atoms with Crippen LogP contribution in [0, 0.1) is 13.8 Å². The molecule has 0 bridgehead atoms. The van der Waals surface area contributed by atoms with Crippen molar-refractivity contribution in [3.8, 4) is 0 Å². The van der Waals surface area contributed by atoms with E-state index in [1.165, 1.54) is 10.5 Å². The van der Waals surface area contributed by atoms with Crippen molar-refractivity contribution >= 4 is 56.8 Å². The van der Waals surface area contributed by atoms with E-state index in [4.69, 9.17) is 4.98 Å². The third-order valence-electron chi connectivity index (χ3n) is 4.59. The maximum atomic E-state index is 13.3. The van der Waals surface area contributed by atoms with Crippen LogP contribution in [0.3, 0.4) is 0 Å². The first-order valence-electron chi connectivity index (χ1n) is 8.87. The number of hydrogen-bond donors (Lipinski definition) is 0. The normalized spacial score (nSPS) is 10.9. The third kappa shape index (κ3) is 5.06. The molecule has 3 rings (SSSR count). The van der Waals surface area contributed by atoms with Crippen molar-refractivity contribution in [3.63, 3.8) is 0 Å². The van der Waals surface area contributed by atoms with Crippen LogP contribution in [0.5, 0.6) is 0 Å². The summed E-state index contributed by atoms with van der Waals surface area (Å²) in [7, 11) is 4.03. The van der Waals surface area contributed by atoms with Crippen molar-refractivity contribution in [2.45, 2.75) is 18.7 Å². The number of aryl methyl sites for hydroxylation is 2. The van der Waals surface area contributed by atoms with Gasteiger partial charge in [-0.1, -0.05) is 17.4 Å². The van der Waals surface area contributed by atoms with E-state index in [1.807, 2.05) is 50.2 Å². The van der Waals surface area contributed by atoms with Gasteiger partial charge >= 0.3 is 0 Å². The lowest BCUT2D eigenvalue weighted by atomic mass is 10.1. The lowest BCUT2D eigenvalue weighted by Crippen LogP contribution is -2.36. The number of benzene rings is 2. The molecule has 0 N–H and O–H groups in total. The Kier molecular flexibility index (Phi) is 7.89. The number of rotatable bonds is 6. The fourth-order valence-corrected chi connectivity index (χ4v) is 4.29. The number of fused-ring (bicyclic) bond motifs is 1. The Morgan fingerprint density at radius 1 is 1.07 bits per heavy atom. The summed E-state index contributed by atoms with van der Waals surface area (Å²) in [4.78, 5) is 23.1. The van der Waals surface area contributed by atoms with Gasteiger partial charge in [0.05, 0.1) is 10.2 Å². The second-order valence-electron chi connectivity index (χ2n) is 6.89. The maximum Gasteiger partial charge on any atom is 0.260 e. The summed E-state index contributed by atoms with van der Waals surface area (Å²) in [6.45, 7) is 5.48. The summed E-state index contributed by atoms with van der Waals surface area (Å²) >= 11 is 3.29. The number of amides is 1. The van der Waals surface area contributed by atoms with E-state index in [2.05, 4.69) is 30.2 Å². The van der Waals surface area contributed by atoms with Crippen LogP contribution in [-0.2, 0) is 0 Å². The molecule has 0 unspecified atom stereocenters. The second kappa shape index (κ2) is 9.74. The van der Waals surface area contributed by atoms with Crippen LogP contribution in [0.25, 0.3) is 10.2 Å². The van der Waals surface area contributed by atoms with Crippen LogP contribution < -0.4 is 4.90 Å². The first-order chi connectivity index (χ1) is 12.9. The van der Waals surface area contributed by atoms with Gasteiger partial charge in [-0.25, -0.2) is 4.98 Å². The lowest BCUT2D eigenvalue weighted by Gasteiger charge is -2.22. The van der Waals surface area contributed by atoms with Crippen molar-refractivity contribution in [2.75, 3.05) is 38.3 Å². The molecule has 4 nitrogen and oxygen atoms in total. The fourth-order valence-electron chi connectivity index (χ4n) is 2.75. The molecular weight excluding hydrogens is 410 g/mol. The Morgan fingerprint density at radius 2 is 1.82 bits per heavy atom. The molecule has 7 heteroatoms. The number of halogens is 1. The summed E-state index contributed by atoms with van der Waals surface area (Å²) in [6, 6.07) is 12.1. The van der Waals surface area contributed by atoms with Gasteiger partial charge in [-0.15, -0.1) is 24.2 Å². The molecular formula is C21H26ClN3OS2. The van der Waals surface area contributed by atoms with Gasteiger partial charge < -0.3 is 4.90 Å². The molecule has 0 saturated carbocycles. The van der Waals surface area contributed by atoms with E-state index in [1.54, 1.807) is 23.1 Å². The number of thioether (sulfide) groups is 1. The first kappa shape index (κ1) is 22.7. The zero-order valence-electron chi connectivity index (χ0n) is 16.9. The number of hydrogen-bond acceptors (Lipinski definition) is 5. The molecule has 0 fully saturated rings. The molecule has 0 aliphatic heterocycles. The van der Waals surface area contributed by atoms with Crippen LogP contribution >= 0.6 is 35.5 Å². The summed E-state index contributed by atoms with van der Waals surface area (Å²) in [6.07, 6.45) is 2.07. The molecule has 0 aliphatic carbocycles. The van der Waals surface area contributed by atoms with E-state index in [0.29, 0.717) is 12.1 Å². The zero-order chi connectivity index (χ0) is 19.6. The summed E-state index contributed by atoms with van der Waals surface area (Å²) in [5.74, 6) is 0.00379. The molecule has 0 atom stereocenters. The van der Waals surface area contributed by atoms with Gasteiger partial charge in [0, 0.05) is 23.5 Å². The third-order valence-corrected chi connectivity index (χ3v) is 6.35. The van der Waals surface area contributed by atoms with Crippen LogP contribution in [0.1, 0.15) is 21.5 Å². The molecule has 28 heavy (non-hydrogen) atoms. The van der Waals surface area contributed by atoms with Crippen LogP contribution in [0.4, 0.5) is 5.13 Å². The van der Waals surface area contributed by atoms with E-state index in [9.17, 15) is 4.79 Å². The molecule has 0 aliphatic rings. The van der Waals surface area contributed by atoms with E-state index in [0.717, 1.165) is 27.5 Å². The number of carbonyl (C=O) groups excluding carboxylic acids is 1. The van der Waals surface area contributed by atoms with Crippen molar-refractivity contribution in [1.82, 2.24) is 9.88 Å². The highest BCUT2D eigenvalue weighted by Gasteiger charge is 2.22. The van der Waals surface area contributed by atoms with Crippen molar-refractivity contribution < 1.29 is 4.79 Å². The smallest absolute Gasteiger partial charge is 0.260 e. The minimum atomic E-state index is 0. The van der Waals surface area contributed by atoms with Crippen molar-refractivity contribution in [3.05, 3.63) is 53.1 Å². The molecule has 0 radical (unpaired) electrons. The molecule has 2 aromatic carbocycles. The Hall–Kier alpha value is -1.60. The number of aromatic nitrogens is 1. The summed E-state index contributed by atoms with van der Waals surface area (Å²) < 4.78 is 1.11. The van der Waals surface area contributed by atoms with Gasteiger partial charge in [-0.05, 0) is 75.7 Å². The SMILES string of the molecule is CSc1ccc2nc(N(CCN(C)C)C(=O)c3ccc(C)c(C)c3)sc2c1.Cl. The average Bonchev–Trinajstić information content (AvgIpc) is 3.06. The Morgan fingerprint density at radius 3 is 2.46 bits per heavy atom. The van der Waals surface area contributed by atoms with Gasteiger partial charge in [0.2, 0.25) is 0 Å². The largest absolute Gasteiger partial charge is 0.308 e. The number of thiazole rings is 1. The predicted octanol–water partition coefficient (Wildman–Crippen LogP) is 5.27.